The summed E-state index contributed by atoms with van der Waals surface area (Å²) in [5.41, 5.74) is 3.59. The van der Waals surface area contributed by atoms with Crippen molar-refractivity contribution in [3.05, 3.63) is 66.7 Å². The highest BCUT2D eigenvalue weighted by molar-refractivity contribution is 7.17. The number of ketones is 1. The fourth-order valence-corrected chi connectivity index (χ4v) is 4.63. The van der Waals surface area contributed by atoms with Crippen molar-refractivity contribution in [2.75, 3.05) is 0 Å². The van der Waals surface area contributed by atoms with Gasteiger partial charge in [-0.15, -0.1) is 16.4 Å². The number of hydrogen-bond donors (Lipinski definition) is 0. The first-order valence-electron chi connectivity index (χ1n) is 10.4. The predicted molar refractivity (Wildman–Crippen MR) is 124 cm³/mol. The molecule has 0 fully saturated rings. The number of Topliss-reactive ketones (excluding diaryl/α,β-unsaturated/α-hetero) is 1. The molecule has 0 bridgehead atoms. The molecule has 0 aliphatic rings. The summed E-state index contributed by atoms with van der Waals surface area (Å²) < 4.78 is 4.71. The number of carbonyl (C=O) groups is 1. The number of fused-ring (bicyclic) bond motifs is 3. The van der Waals surface area contributed by atoms with Gasteiger partial charge in [0.05, 0.1) is 5.52 Å². The molecule has 0 saturated heterocycles. The third kappa shape index (κ3) is 3.65. The van der Waals surface area contributed by atoms with Gasteiger partial charge in [0, 0.05) is 12.1 Å². The van der Waals surface area contributed by atoms with Gasteiger partial charge in [0.25, 0.3) is 5.56 Å². The fraction of sp³-hybridized carbons (Fsp3) is 0.391. The Hall–Kier alpha value is -3.00. The first-order chi connectivity index (χ1) is 14.7. The van der Waals surface area contributed by atoms with Gasteiger partial charge in [0.2, 0.25) is 5.78 Å². The third-order valence-corrected chi connectivity index (χ3v) is 6.64. The minimum atomic E-state index is -0.411. The molecule has 0 atom stereocenters. The Bertz CT molecular complexity index is 1440. The second-order valence-corrected chi connectivity index (χ2v) is 9.44. The lowest BCUT2D eigenvalue weighted by molar-refractivity contribution is 0.0965. The molecular formula is C23H26N4O3S. The van der Waals surface area contributed by atoms with Crippen LogP contribution in [0.4, 0.5) is 0 Å². The van der Waals surface area contributed by atoms with Crippen LogP contribution in [-0.2, 0) is 13.1 Å². The molecular weight excluding hydrogens is 412 g/mol. The number of aryl methyl sites for hydroxylation is 4. The standard InChI is InChI=1S/C23H26N4O3S/c1-13(2)6-8-25-21(29)20-18(7-9-31-20)27-22(25)24-26(23(27)30)12-19(28)17-11-15(4)14(3)10-16(17)5/h7,9-11,13H,6,8,12H2,1-5H3. The van der Waals surface area contributed by atoms with E-state index in [1.54, 1.807) is 16.0 Å². The zero-order valence-electron chi connectivity index (χ0n) is 18.4. The van der Waals surface area contributed by atoms with E-state index in [1.807, 2.05) is 32.9 Å². The molecule has 3 heterocycles. The lowest BCUT2D eigenvalue weighted by atomic mass is 9.98. The van der Waals surface area contributed by atoms with E-state index < -0.39 is 5.69 Å². The summed E-state index contributed by atoms with van der Waals surface area (Å²) in [4.78, 5) is 39.3. The van der Waals surface area contributed by atoms with Crippen LogP contribution in [0.3, 0.4) is 0 Å². The lowest BCUT2D eigenvalue weighted by Crippen LogP contribution is -2.27. The maximum absolute atomic E-state index is 13.2. The van der Waals surface area contributed by atoms with Crippen LogP contribution >= 0.6 is 11.3 Å². The van der Waals surface area contributed by atoms with Crippen LogP contribution in [0, 0.1) is 26.7 Å². The molecule has 0 spiro atoms. The smallest absolute Gasteiger partial charge is 0.292 e. The highest BCUT2D eigenvalue weighted by Gasteiger charge is 2.20. The molecule has 8 heteroatoms. The zero-order valence-corrected chi connectivity index (χ0v) is 19.2. The second-order valence-electron chi connectivity index (χ2n) is 8.52. The van der Waals surface area contributed by atoms with Crippen LogP contribution in [0.2, 0.25) is 0 Å². The molecule has 4 rings (SSSR count). The highest BCUT2D eigenvalue weighted by Crippen LogP contribution is 2.19. The van der Waals surface area contributed by atoms with E-state index in [0.717, 1.165) is 23.1 Å². The van der Waals surface area contributed by atoms with Gasteiger partial charge < -0.3 is 0 Å². The minimum absolute atomic E-state index is 0.147. The number of aromatic nitrogens is 4. The number of benzene rings is 1. The molecule has 31 heavy (non-hydrogen) atoms. The first kappa shape index (κ1) is 21.2. The Morgan fingerprint density at radius 1 is 1.10 bits per heavy atom. The summed E-state index contributed by atoms with van der Waals surface area (Å²) in [5.74, 6) is 0.504. The average Bonchev–Trinajstić information content (AvgIpc) is 3.30. The van der Waals surface area contributed by atoms with E-state index in [1.165, 1.54) is 20.4 Å². The van der Waals surface area contributed by atoms with Crippen LogP contribution in [0.25, 0.3) is 16.0 Å². The minimum Gasteiger partial charge on any atom is -0.292 e. The molecule has 162 valence electrons. The van der Waals surface area contributed by atoms with E-state index >= 15 is 0 Å². The first-order valence-corrected chi connectivity index (χ1v) is 11.3. The molecule has 0 aliphatic carbocycles. The number of rotatable bonds is 6. The van der Waals surface area contributed by atoms with Gasteiger partial charge in [-0.05, 0) is 67.3 Å². The topological polar surface area (TPSA) is 78.4 Å². The van der Waals surface area contributed by atoms with E-state index in [4.69, 9.17) is 0 Å². The Morgan fingerprint density at radius 3 is 2.52 bits per heavy atom. The Balaban J connectivity index is 1.85. The highest BCUT2D eigenvalue weighted by atomic mass is 32.1. The number of thiophene rings is 1. The van der Waals surface area contributed by atoms with Crippen molar-refractivity contribution < 1.29 is 4.79 Å². The summed E-state index contributed by atoms with van der Waals surface area (Å²) in [6.07, 6.45) is 0.786. The van der Waals surface area contributed by atoms with Crippen LogP contribution < -0.4 is 11.2 Å². The van der Waals surface area contributed by atoms with Gasteiger partial charge >= 0.3 is 5.69 Å². The van der Waals surface area contributed by atoms with E-state index in [2.05, 4.69) is 18.9 Å². The molecule has 1 aromatic carbocycles. The van der Waals surface area contributed by atoms with Crippen LogP contribution in [0.15, 0.2) is 33.2 Å². The molecule has 7 nitrogen and oxygen atoms in total. The van der Waals surface area contributed by atoms with Gasteiger partial charge in [-0.3, -0.25) is 14.2 Å². The van der Waals surface area contributed by atoms with E-state index in [-0.39, 0.29) is 23.7 Å². The quantitative estimate of drug-likeness (QED) is 0.430. The molecule has 0 amide bonds. The summed E-state index contributed by atoms with van der Waals surface area (Å²) in [7, 11) is 0. The molecule has 0 aliphatic heterocycles. The largest absolute Gasteiger partial charge is 0.352 e. The fourth-order valence-electron chi connectivity index (χ4n) is 3.81. The van der Waals surface area contributed by atoms with Crippen LogP contribution in [0.5, 0.6) is 0 Å². The monoisotopic (exact) mass is 438 g/mol. The number of nitrogens with zero attached hydrogens (tertiary/aromatic N) is 4. The average molecular weight is 439 g/mol. The molecule has 0 radical (unpaired) electrons. The van der Waals surface area contributed by atoms with Crippen molar-refractivity contribution >= 4 is 33.1 Å². The molecule has 0 N–H and O–H groups in total. The zero-order chi connectivity index (χ0) is 22.4. The SMILES string of the molecule is Cc1cc(C)c(C(=O)Cn2nc3n(CCC(C)C)c(=O)c4sccc4n3c2=O)cc1C. The summed E-state index contributed by atoms with van der Waals surface area (Å²) in [6.45, 7) is 10.3. The predicted octanol–water partition coefficient (Wildman–Crippen LogP) is 3.73. The van der Waals surface area contributed by atoms with Crippen LogP contribution in [-0.4, -0.2) is 24.5 Å². The van der Waals surface area contributed by atoms with Crippen molar-refractivity contribution in [2.45, 2.75) is 54.1 Å². The Morgan fingerprint density at radius 2 is 1.81 bits per heavy atom. The van der Waals surface area contributed by atoms with Crippen molar-refractivity contribution in [1.29, 1.82) is 0 Å². The van der Waals surface area contributed by atoms with Crippen LogP contribution in [0.1, 0.15) is 47.3 Å². The van der Waals surface area contributed by atoms with Gasteiger partial charge in [0.1, 0.15) is 11.2 Å². The number of hydrogen-bond acceptors (Lipinski definition) is 5. The normalized spacial score (nSPS) is 11.8. The molecule has 3 aromatic heterocycles. The molecule has 0 unspecified atom stereocenters. The Labute approximate surface area is 183 Å². The van der Waals surface area contributed by atoms with Crippen molar-refractivity contribution in [3.8, 4) is 0 Å². The second kappa shape index (κ2) is 7.92. The summed E-state index contributed by atoms with van der Waals surface area (Å²) >= 11 is 1.31. The van der Waals surface area contributed by atoms with Gasteiger partial charge in [0.15, 0.2) is 5.78 Å². The van der Waals surface area contributed by atoms with Crippen molar-refractivity contribution in [3.63, 3.8) is 0 Å². The maximum atomic E-state index is 13.2. The number of carbonyl (C=O) groups excluding carboxylic acids is 1. The summed E-state index contributed by atoms with van der Waals surface area (Å²) in [6, 6.07) is 5.60. The maximum Gasteiger partial charge on any atom is 0.352 e. The third-order valence-electron chi connectivity index (χ3n) is 5.75. The van der Waals surface area contributed by atoms with Gasteiger partial charge in [-0.25, -0.2) is 13.9 Å². The van der Waals surface area contributed by atoms with Crippen molar-refractivity contribution in [1.82, 2.24) is 18.7 Å². The van der Waals surface area contributed by atoms with E-state index in [0.29, 0.717) is 28.2 Å². The van der Waals surface area contributed by atoms with Gasteiger partial charge in [-0.2, -0.15) is 0 Å². The Kier molecular flexibility index (Phi) is 5.43. The van der Waals surface area contributed by atoms with E-state index in [9.17, 15) is 14.4 Å². The van der Waals surface area contributed by atoms with Gasteiger partial charge in [-0.1, -0.05) is 19.9 Å². The van der Waals surface area contributed by atoms with Crippen molar-refractivity contribution in [2.24, 2.45) is 5.92 Å². The molecule has 4 aromatic rings. The lowest BCUT2D eigenvalue weighted by Gasteiger charge is -2.09. The molecule has 0 saturated carbocycles. The summed E-state index contributed by atoms with van der Waals surface area (Å²) in [5, 5.41) is 6.23.